The number of ether oxygens (including phenoxy) is 1. The van der Waals surface area contributed by atoms with E-state index in [4.69, 9.17) is 0 Å². The van der Waals surface area contributed by atoms with E-state index in [0.717, 1.165) is 11.3 Å². The van der Waals surface area contributed by atoms with Crippen molar-refractivity contribution in [1.29, 1.82) is 0 Å². The molecule has 3 aromatic rings. The van der Waals surface area contributed by atoms with E-state index >= 15 is 0 Å². The lowest BCUT2D eigenvalue weighted by Crippen LogP contribution is -2.30. The Morgan fingerprint density at radius 2 is 1.89 bits per heavy atom. The molecule has 0 aliphatic heterocycles. The summed E-state index contributed by atoms with van der Waals surface area (Å²) in [6, 6.07) is 15.2. The second-order valence-corrected chi connectivity index (χ2v) is 6.33. The molecule has 27 heavy (non-hydrogen) atoms. The van der Waals surface area contributed by atoms with Crippen molar-refractivity contribution in [1.82, 2.24) is 4.98 Å². The number of hydrogen-bond donors (Lipinski definition) is 0. The van der Waals surface area contributed by atoms with Crippen molar-refractivity contribution in [2.75, 3.05) is 11.4 Å². The summed E-state index contributed by atoms with van der Waals surface area (Å²) >= 11 is 1.35. The quantitative estimate of drug-likeness (QED) is 0.521. The fourth-order valence-corrected chi connectivity index (χ4v) is 3.28. The highest BCUT2D eigenvalue weighted by atomic mass is 32.1. The van der Waals surface area contributed by atoms with Gasteiger partial charge in [0, 0.05) is 23.1 Å². The topological polar surface area (TPSA) is 42.4 Å². The van der Waals surface area contributed by atoms with Crippen molar-refractivity contribution >= 4 is 22.4 Å². The smallest absolute Gasteiger partial charge is 0.387 e. The molecule has 0 saturated carbocycles. The van der Waals surface area contributed by atoms with Crippen molar-refractivity contribution < 1.29 is 18.3 Å². The van der Waals surface area contributed by atoms with Crippen molar-refractivity contribution in [3.63, 3.8) is 0 Å². The zero-order chi connectivity index (χ0) is 19.2. The van der Waals surface area contributed by atoms with E-state index < -0.39 is 6.61 Å². The van der Waals surface area contributed by atoms with E-state index in [1.165, 1.54) is 40.5 Å². The zero-order valence-electron chi connectivity index (χ0n) is 14.2. The molecule has 0 fully saturated rings. The first-order valence-corrected chi connectivity index (χ1v) is 8.95. The van der Waals surface area contributed by atoms with Crippen molar-refractivity contribution in [2.45, 2.75) is 6.61 Å². The van der Waals surface area contributed by atoms with E-state index in [1.54, 1.807) is 6.08 Å². The Morgan fingerprint density at radius 3 is 2.52 bits per heavy atom. The van der Waals surface area contributed by atoms with Gasteiger partial charge in [-0.05, 0) is 24.3 Å². The molecular formula is C20H16F2N2O2S. The Morgan fingerprint density at radius 1 is 1.19 bits per heavy atom. The first-order valence-electron chi connectivity index (χ1n) is 8.07. The summed E-state index contributed by atoms with van der Waals surface area (Å²) in [5.74, 6) is -0.301. The molecular weight excluding hydrogens is 370 g/mol. The monoisotopic (exact) mass is 386 g/mol. The third-order valence-corrected chi connectivity index (χ3v) is 4.54. The summed E-state index contributed by atoms with van der Waals surface area (Å²) in [4.78, 5) is 18.9. The lowest BCUT2D eigenvalue weighted by Gasteiger charge is -2.18. The zero-order valence-corrected chi connectivity index (χ0v) is 15.0. The summed E-state index contributed by atoms with van der Waals surface area (Å²) in [5, 5.41) is 2.42. The predicted octanol–water partition coefficient (Wildman–Crippen LogP) is 5.24. The number of thiazole rings is 1. The lowest BCUT2D eigenvalue weighted by molar-refractivity contribution is -0.0498. The number of nitrogens with zero attached hydrogens (tertiary/aromatic N) is 2. The van der Waals surface area contributed by atoms with Gasteiger partial charge in [0.2, 0.25) is 0 Å². The molecule has 4 nitrogen and oxygen atoms in total. The maximum Gasteiger partial charge on any atom is 0.387 e. The molecule has 7 heteroatoms. The fraction of sp³-hybridized carbons (Fsp3) is 0.100. The highest BCUT2D eigenvalue weighted by Crippen LogP contribution is 2.28. The molecule has 0 unspecified atom stereocenters. The van der Waals surface area contributed by atoms with E-state index in [0.29, 0.717) is 10.7 Å². The van der Waals surface area contributed by atoms with Crippen molar-refractivity contribution in [2.24, 2.45) is 0 Å². The van der Waals surface area contributed by atoms with Gasteiger partial charge in [0.05, 0.1) is 5.69 Å². The number of amides is 1. The number of benzene rings is 2. The molecule has 1 amide bonds. The maximum atomic E-state index is 12.9. The van der Waals surface area contributed by atoms with Crippen LogP contribution >= 0.6 is 11.3 Å². The molecule has 0 aliphatic carbocycles. The van der Waals surface area contributed by atoms with Crippen LogP contribution in [0.3, 0.4) is 0 Å². The van der Waals surface area contributed by atoms with E-state index in [1.807, 2.05) is 35.7 Å². The Balaban J connectivity index is 1.84. The lowest BCUT2D eigenvalue weighted by atomic mass is 10.2. The van der Waals surface area contributed by atoms with Gasteiger partial charge in [-0.2, -0.15) is 8.78 Å². The van der Waals surface area contributed by atoms with Gasteiger partial charge in [0.1, 0.15) is 5.75 Å². The van der Waals surface area contributed by atoms with Crippen LogP contribution in [0.15, 0.2) is 72.6 Å². The number of carbonyl (C=O) groups is 1. The average molecular weight is 386 g/mol. The van der Waals surface area contributed by atoms with Crippen LogP contribution in [-0.2, 0) is 0 Å². The second-order valence-electron chi connectivity index (χ2n) is 5.49. The molecule has 0 atom stereocenters. The third-order valence-electron chi connectivity index (χ3n) is 3.68. The maximum absolute atomic E-state index is 12.9. The van der Waals surface area contributed by atoms with E-state index in [2.05, 4.69) is 16.3 Å². The van der Waals surface area contributed by atoms with Crippen LogP contribution in [-0.4, -0.2) is 24.0 Å². The molecule has 1 heterocycles. The summed E-state index contributed by atoms with van der Waals surface area (Å²) in [6.45, 7) is 1.06. The summed E-state index contributed by atoms with van der Waals surface area (Å²) < 4.78 is 28.8. The summed E-state index contributed by atoms with van der Waals surface area (Å²) in [7, 11) is 0. The van der Waals surface area contributed by atoms with Gasteiger partial charge in [-0.3, -0.25) is 9.69 Å². The van der Waals surface area contributed by atoms with Gasteiger partial charge in [0.25, 0.3) is 5.91 Å². The Kier molecular flexibility index (Phi) is 5.93. The van der Waals surface area contributed by atoms with E-state index in [-0.39, 0.29) is 18.2 Å². The molecule has 1 aromatic heterocycles. The minimum Gasteiger partial charge on any atom is -0.435 e. The molecule has 0 radical (unpaired) electrons. The predicted molar refractivity (Wildman–Crippen MR) is 102 cm³/mol. The fourth-order valence-electron chi connectivity index (χ4n) is 2.44. The molecule has 2 aromatic carbocycles. The van der Waals surface area contributed by atoms with Gasteiger partial charge in [-0.1, -0.05) is 36.4 Å². The van der Waals surface area contributed by atoms with Crippen LogP contribution in [0.4, 0.5) is 13.9 Å². The van der Waals surface area contributed by atoms with Gasteiger partial charge in [0.15, 0.2) is 5.13 Å². The highest BCUT2D eigenvalue weighted by Gasteiger charge is 2.20. The first-order chi connectivity index (χ1) is 13.1. The number of aromatic nitrogens is 1. The van der Waals surface area contributed by atoms with Gasteiger partial charge in [-0.25, -0.2) is 4.98 Å². The van der Waals surface area contributed by atoms with Crippen LogP contribution in [0, 0.1) is 0 Å². The Hall–Kier alpha value is -3.06. The SMILES string of the molecule is C=CCN(C(=O)c1ccc(OC(F)F)cc1)c1nc(-c2ccccc2)cs1. The Labute approximate surface area is 159 Å². The number of alkyl halides is 2. The van der Waals surface area contributed by atoms with Crippen LogP contribution in [0.5, 0.6) is 5.75 Å². The summed E-state index contributed by atoms with van der Waals surface area (Å²) in [5.41, 5.74) is 2.08. The number of anilines is 1. The number of rotatable bonds is 7. The third kappa shape index (κ3) is 4.57. The Bertz CT molecular complexity index is 911. The molecule has 0 bridgehead atoms. The largest absolute Gasteiger partial charge is 0.435 e. The van der Waals surface area contributed by atoms with Crippen LogP contribution in [0.2, 0.25) is 0 Å². The highest BCUT2D eigenvalue weighted by molar-refractivity contribution is 7.14. The van der Waals surface area contributed by atoms with Crippen molar-refractivity contribution in [3.8, 4) is 17.0 Å². The van der Waals surface area contributed by atoms with Gasteiger partial charge in [-0.15, -0.1) is 17.9 Å². The molecule has 3 rings (SSSR count). The van der Waals surface area contributed by atoms with Crippen LogP contribution < -0.4 is 9.64 Å². The molecule has 138 valence electrons. The number of hydrogen-bond acceptors (Lipinski definition) is 4. The standard InChI is InChI=1S/C20H16F2N2O2S/c1-2-12-24(18(25)15-8-10-16(11-9-15)26-19(21)22)20-23-17(13-27-20)14-6-4-3-5-7-14/h2-11,13,19H,1,12H2. The number of halogens is 2. The van der Waals surface area contributed by atoms with E-state index in [9.17, 15) is 13.6 Å². The second kappa shape index (κ2) is 8.55. The van der Waals surface area contributed by atoms with Gasteiger partial charge < -0.3 is 4.74 Å². The summed E-state index contributed by atoms with van der Waals surface area (Å²) in [6.07, 6.45) is 1.61. The van der Waals surface area contributed by atoms with Gasteiger partial charge >= 0.3 is 6.61 Å². The minimum atomic E-state index is -2.91. The molecule has 0 aliphatic rings. The first kappa shape index (κ1) is 18.7. The van der Waals surface area contributed by atoms with Crippen LogP contribution in [0.25, 0.3) is 11.3 Å². The normalized spacial score (nSPS) is 10.6. The van der Waals surface area contributed by atoms with Crippen LogP contribution in [0.1, 0.15) is 10.4 Å². The average Bonchev–Trinajstić information content (AvgIpc) is 3.16. The number of carbonyl (C=O) groups excluding carboxylic acids is 1. The minimum absolute atomic E-state index is 0.00238. The molecule has 0 N–H and O–H groups in total. The molecule has 0 spiro atoms. The van der Waals surface area contributed by atoms with Crippen molar-refractivity contribution in [3.05, 3.63) is 78.2 Å². The molecule has 0 saturated heterocycles.